The Morgan fingerprint density at radius 2 is 2.00 bits per heavy atom. The first-order chi connectivity index (χ1) is 14.0. The Balaban J connectivity index is 1.61. The molecule has 1 atom stereocenters. The summed E-state index contributed by atoms with van der Waals surface area (Å²) in [6.07, 6.45) is 2.35. The smallest absolute Gasteiger partial charge is 0.283 e. The quantitative estimate of drug-likeness (QED) is 0.817. The molecule has 5 rings (SSSR count). The number of benzene rings is 2. The third-order valence-corrected chi connectivity index (χ3v) is 5.21. The summed E-state index contributed by atoms with van der Waals surface area (Å²) in [5, 5.41) is 0. The maximum Gasteiger partial charge on any atom is 0.283 e. The highest BCUT2D eigenvalue weighted by atomic mass is 16.5. The van der Waals surface area contributed by atoms with Crippen molar-refractivity contribution < 1.29 is 19.0 Å². The predicted molar refractivity (Wildman–Crippen MR) is 107 cm³/mol. The molecule has 0 aromatic heterocycles. The number of ether oxygens (including phenoxy) is 3. The van der Waals surface area contributed by atoms with Gasteiger partial charge in [-0.15, -0.1) is 0 Å². The van der Waals surface area contributed by atoms with Gasteiger partial charge in [-0.2, -0.15) is 0 Å². The lowest BCUT2D eigenvalue weighted by Crippen LogP contribution is -2.31. The normalized spacial score (nSPS) is 21.1. The number of nitrogens with two attached hydrogens (primary N) is 1. The molecule has 2 aromatic carbocycles. The number of carbonyl (C=O) groups excluding carboxylic acids is 1. The first-order valence-electron chi connectivity index (χ1n) is 9.62. The molecule has 2 aliphatic heterocycles. The number of hydrogen-bond acceptors (Lipinski definition) is 6. The average molecular weight is 388 g/mol. The van der Waals surface area contributed by atoms with Gasteiger partial charge in [0.25, 0.3) is 6.02 Å². The monoisotopic (exact) mass is 388 g/mol. The van der Waals surface area contributed by atoms with Crippen LogP contribution in [0.4, 0.5) is 0 Å². The second-order valence-electron chi connectivity index (χ2n) is 7.60. The molecule has 6 heteroatoms. The summed E-state index contributed by atoms with van der Waals surface area (Å²) >= 11 is 0. The lowest BCUT2D eigenvalue weighted by Gasteiger charge is -2.33. The highest BCUT2D eigenvalue weighted by molar-refractivity contribution is 5.78. The molecule has 6 nitrogen and oxygen atoms in total. The third-order valence-electron chi connectivity index (χ3n) is 5.21. The van der Waals surface area contributed by atoms with Crippen molar-refractivity contribution in [3.05, 3.63) is 53.1 Å². The van der Waals surface area contributed by atoms with Crippen LogP contribution in [0.15, 0.2) is 41.4 Å². The number of hydrogen-bond donors (Lipinski definition) is 1. The zero-order valence-electron chi connectivity index (χ0n) is 16.0. The standard InChI is InChI=1S/C23H20N2O4/c1-14(26)12-27-17-7-9-21-19(11-17)23(13-28-22(24)25-23)18-10-16(5-4-15-2-3-15)6-8-20(18)29-21/h6-11,15H,2-3,12-13H2,1H3,(H2,24,25)/t23-/m0/s1. The van der Waals surface area contributed by atoms with Crippen molar-refractivity contribution in [1.29, 1.82) is 0 Å². The Morgan fingerprint density at radius 1 is 1.24 bits per heavy atom. The van der Waals surface area contributed by atoms with Crippen molar-refractivity contribution >= 4 is 11.8 Å². The Labute approximate surface area is 168 Å². The van der Waals surface area contributed by atoms with Crippen molar-refractivity contribution in [2.45, 2.75) is 25.3 Å². The molecule has 3 aliphatic rings. The molecule has 2 heterocycles. The number of carbonyl (C=O) groups is 1. The molecule has 1 saturated carbocycles. The van der Waals surface area contributed by atoms with E-state index in [1.54, 1.807) is 6.07 Å². The topological polar surface area (TPSA) is 83.1 Å². The lowest BCUT2D eigenvalue weighted by molar-refractivity contribution is -0.118. The number of fused-ring (bicyclic) bond motifs is 4. The van der Waals surface area contributed by atoms with Crippen LogP contribution in [-0.2, 0) is 15.1 Å². The summed E-state index contributed by atoms with van der Waals surface area (Å²) in [7, 11) is 0. The fourth-order valence-electron chi connectivity index (χ4n) is 3.60. The molecule has 1 fully saturated rings. The third kappa shape index (κ3) is 3.19. The summed E-state index contributed by atoms with van der Waals surface area (Å²) in [5.74, 6) is 8.93. The van der Waals surface area contributed by atoms with E-state index in [1.165, 1.54) is 19.8 Å². The van der Waals surface area contributed by atoms with E-state index in [9.17, 15) is 4.79 Å². The van der Waals surface area contributed by atoms with Crippen molar-refractivity contribution in [1.82, 2.24) is 0 Å². The van der Waals surface area contributed by atoms with Gasteiger partial charge in [-0.3, -0.25) is 4.79 Å². The van der Waals surface area contributed by atoms with E-state index in [0.717, 1.165) is 16.7 Å². The fourth-order valence-corrected chi connectivity index (χ4v) is 3.60. The summed E-state index contributed by atoms with van der Waals surface area (Å²) in [6, 6.07) is 11.5. The van der Waals surface area contributed by atoms with Crippen LogP contribution >= 0.6 is 0 Å². The Hall–Kier alpha value is -3.46. The zero-order valence-corrected chi connectivity index (χ0v) is 16.0. The molecule has 1 spiro atoms. The first kappa shape index (κ1) is 17.6. The fraction of sp³-hybridized carbons (Fsp3) is 0.304. The van der Waals surface area contributed by atoms with E-state index in [0.29, 0.717) is 23.2 Å². The van der Waals surface area contributed by atoms with Crippen LogP contribution in [0.5, 0.6) is 17.2 Å². The highest BCUT2D eigenvalue weighted by Gasteiger charge is 2.47. The van der Waals surface area contributed by atoms with Crippen LogP contribution in [0.2, 0.25) is 0 Å². The van der Waals surface area contributed by atoms with Gasteiger partial charge in [0.2, 0.25) is 0 Å². The molecule has 2 N–H and O–H groups in total. The van der Waals surface area contributed by atoms with E-state index in [-0.39, 0.29) is 25.0 Å². The first-order valence-corrected chi connectivity index (χ1v) is 9.62. The molecule has 0 unspecified atom stereocenters. The molecule has 2 aromatic rings. The maximum absolute atomic E-state index is 11.3. The van der Waals surface area contributed by atoms with E-state index in [4.69, 9.17) is 19.9 Å². The van der Waals surface area contributed by atoms with Gasteiger partial charge in [-0.05, 0) is 56.2 Å². The number of amidine groups is 1. The van der Waals surface area contributed by atoms with Crippen LogP contribution in [0.25, 0.3) is 0 Å². The van der Waals surface area contributed by atoms with Gasteiger partial charge < -0.3 is 19.9 Å². The van der Waals surface area contributed by atoms with Crippen molar-refractivity contribution in [3.63, 3.8) is 0 Å². The minimum absolute atomic E-state index is 0.00599. The molecule has 0 bridgehead atoms. The van der Waals surface area contributed by atoms with Crippen molar-refractivity contribution in [2.24, 2.45) is 16.6 Å². The van der Waals surface area contributed by atoms with E-state index < -0.39 is 5.54 Å². The van der Waals surface area contributed by atoms with Crippen LogP contribution in [0.3, 0.4) is 0 Å². The molecule has 0 saturated heterocycles. The van der Waals surface area contributed by atoms with Crippen LogP contribution in [-0.4, -0.2) is 25.0 Å². The van der Waals surface area contributed by atoms with E-state index >= 15 is 0 Å². The average Bonchev–Trinajstić information content (AvgIpc) is 3.46. The Bertz CT molecular complexity index is 1110. The molecular weight excluding hydrogens is 368 g/mol. The number of Topliss-reactive ketones (excluding diaryl/α,β-unsaturated/α-hetero) is 1. The molecule has 29 heavy (non-hydrogen) atoms. The van der Waals surface area contributed by atoms with Gasteiger partial charge in [-0.25, -0.2) is 4.99 Å². The Kier molecular flexibility index (Phi) is 3.99. The summed E-state index contributed by atoms with van der Waals surface area (Å²) in [6.45, 7) is 1.75. The molecule has 0 radical (unpaired) electrons. The highest BCUT2D eigenvalue weighted by Crippen LogP contribution is 2.51. The van der Waals surface area contributed by atoms with E-state index in [1.807, 2.05) is 30.3 Å². The summed E-state index contributed by atoms with van der Waals surface area (Å²) in [4.78, 5) is 16.0. The van der Waals surface area contributed by atoms with Crippen LogP contribution in [0, 0.1) is 17.8 Å². The molecule has 0 amide bonds. The summed E-state index contributed by atoms with van der Waals surface area (Å²) < 4.78 is 17.3. The molecule has 146 valence electrons. The largest absolute Gasteiger partial charge is 0.486 e. The van der Waals surface area contributed by atoms with Gasteiger partial charge in [0.05, 0.1) is 0 Å². The molecule has 1 aliphatic carbocycles. The van der Waals surface area contributed by atoms with Crippen LogP contribution in [0.1, 0.15) is 36.5 Å². The lowest BCUT2D eigenvalue weighted by atomic mass is 9.80. The number of aliphatic imine (C=N–C) groups is 1. The minimum Gasteiger partial charge on any atom is -0.486 e. The van der Waals surface area contributed by atoms with E-state index in [2.05, 4.69) is 16.8 Å². The van der Waals surface area contributed by atoms with Crippen LogP contribution < -0.4 is 15.2 Å². The molecular formula is C23H20N2O4. The number of ketones is 1. The van der Waals surface area contributed by atoms with Gasteiger partial charge in [0.1, 0.15) is 30.5 Å². The Morgan fingerprint density at radius 3 is 2.69 bits per heavy atom. The van der Waals surface area contributed by atoms with Gasteiger partial charge in [-0.1, -0.05) is 11.8 Å². The van der Waals surface area contributed by atoms with Crippen molar-refractivity contribution in [3.8, 4) is 29.1 Å². The number of nitrogens with zero attached hydrogens (tertiary/aromatic N) is 1. The van der Waals surface area contributed by atoms with Gasteiger partial charge in [0.15, 0.2) is 11.3 Å². The maximum atomic E-state index is 11.3. The summed E-state index contributed by atoms with van der Waals surface area (Å²) in [5.41, 5.74) is 7.64. The van der Waals surface area contributed by atoms with Gasteiger partial charge >= 0.3 is 0 Å². The predicted octanol–water partition coefficient (Wildman–Crippen LogP) is 3.11. The number of rotatable bonds is 3. The van der Waals surface area contributed by atoms with Gasteiger partial charge in [0, 0.05) is 22.6 Å². The second kappa shape index (κ2) is 6.56. The SMILES string of the molecule is CC(=O)COc1ccc2c(c1)[C@]1(COC(N)=N1)c1cc(C#CC3CC3)ccc1O2. The second-order valence-corrected chi connectivity index (χ2v) is 7.60. The van der Waals surface area contributed by atoms with Crippen molar-refractivity contribution in [2.75, 3.05) is 13.2 Å². The zero-order chi connectivity index (χ0) is 20.0. The minimum atomic E-state index is -0.833.